The molecule has 1 fully saturated rings. The molecular formula is C15H19F3O2. The second-order valence-corrected chi connectivity index (χ2v) is 6.12. The molecule has 0 radical (unpaired) electrons. The first-order valence-electron chi connectivity index (χ1n) is 6.70. The van der Waals surface area contributed by atoms with E-state index in [0.29, 0.717) is 12.8 Å². The maximum atomic E-state index is 12.9. The van der Waals surface area contributed by atoms with E-state index in [4.69, 9.17) is 4.74 Å². The quantitative estimate of drug-likeness (QED) is 0.890. The van der Waals surface area contributed by atoms with Crippen LogP contribution >= 0.6 is 0 Å². The van der Waals surface area contributed by atoms with Gasteiger partial charge >= 0.3 is 6.18 Å². The number of rotatable bonds is 2. The summed E-state index contributed by atoms with van der Waals surface area (Å²) >= 11 is 0. The maximum Gasteiger partial charge on any atom is 0.419 e. The average Bonchev–Trinajstić information content (AvgIpc) is 2.33. The van der Waals surface area contributed by atoms with Gasteiger partial charge in [0.1, 0.15) is 11.9 Å². The van der Waals surface area contributed by atoms with Crippen LogP contribution in [0.15, 0.2) is 24.3 Å². The molecule has 2 nitrogen and oxygen atoms in total. The molecule has 0 heterocycles. The van der Waals surface area contributed by atoms with Gasteiger partial charge in [0.2, 0.25) is 0 Å². The van der Waals surface area contributed by atoms with Gasteiger partial charge in [-0.1, -0.05) is 26.0 Å². The highest BCUT2D eigenvalue weighted by Gasteiger charge is 2.38. The van der Waals surface area contributed by atoms with Crippen LogP contribution in [0.1, 0.15) is 38.7 Å². The molecule has 0 bridgehead atoms. The Kier molecular flexibility index (Phi) is 4.00. The van der Waals surface area contributed by atoms with Gasteiger partial charge in [-0.15, -0.1) is 0 Å². The van der Waals surface area contributed by atoms with E-state index in [0.717, 1.165) is 12.5 Å². The number of hydrogen-bond acceptors (Lipinski definition) is 2. The van der Waals surface area contributed by atoms with E-state index in [1.165, 1.54) is 18.2 Å². The molecule has 2 unspecified atom stereocenters. The van der Waals surface area contributed by atoms with E-state index >= 15 is 0 Å². The van der Waals surface area contributed by atoms with Crippen LogP contribution in [0.4, 0.5) is 13.2 Å². The Hall–Kier alpha value is -1.23. The number of alkyl halides is 3. The highest BCUT2D eigenvalue weighted by molar-refractivity contribution is 5.35. The van der Waals surface area contributed by atoms with Crippen molar-refractivity contribution in [1.29, 1.82) is 0 Å². The molecule has 2 rings (SSSR count). The van der Waals surface area contributed by atoms with Gasteiger partial charge < -0.3 is 9.84 Å². The molecule has 0 saturated heterocycles. The summed E-state index contributed by atoms with van der Waals surface area (Å²) in [6.45, 7) is 4.07. The molecule has 1 N–H and O–H groups in total. The topological polar surface area (TPSA) is 29.5 Å². The SMILES string of the molecule is CC1(C)CCC(O)C(Oc2ccccc2C(F)(F)F)C1. The Morgan fingerprint density at radius 3 is 2.55 bits per heavy atom. The number of benzene rings is 1. The first-order chi connectivity index (χ1) is 9.19. The Bertz CT molecular complexity index is 468. The lowest BCUT2D eigenvalue weighted by atomic mass is 9.75. The van der Waals surface area contributed by atoms with Crippen LogP contribution in [-0.4, -0.2) is 17.3 Å². The molecular weight excluding hydrogens is 269 g/mol. The van der Waals surface area contributed by atoms with Crippen molar-refractivity contribution in [1.82, 2.24) is 0 Å². The summed E-state index contributed by atoms with van der Waals surface area (Å²) in [6.07, 6.45) is -3.83. The van der Waals surface area contributed by atoms with Crippen molar-refractivity contribution in [2.24, 2.45) is 5.41 Å². The van der Waals surface area contributed by atoms with Crippen molar-refractivity contribution in [3.05, 3.63) is 29.8 Å². The number of ether oxygens (including phenoxy) is 1. The van der Waals surface area contributed by atoms with Gasteiger partial charge in [0.15, 0.2) is 0 Å². The first kappa shape index (κ1) is 15.2. The minimum absolute atomic E-state index is 0.0307. The third kappa shape index (κ3) is 3.45. The zero-order valence-electron chi connectivity index (χ0n) is 11.6. The molecule has 0 amide bonds. The summed E-state index contributed by atoms with van der Waals surface area (Å²) in [5.74, 6) is -0.207. The second-order valence-electron chi connectivity index (χ2n) is 6.12. The third-order valence-electron chi connectivity index (χ3n) is 3.77. The molecule has 20 heavy (non-hydrogen) atoms. The largest absolute Gasteiger partial charge is 0.487 e. The van der Waals surface area contributed by atoms with E-state index in [9.17, 15) is 18.3 Å². The molecule has 1 aromatic carbocycles. The number of aliphatic hydroxyl groups is 1. The highest BCUT2D eigenvalue weighted by Crippen LogP contribution is 2.40. The predicted octanol–water partition coefficient (Wildman–Crippen LogP) is 4.02. The van der Waals surface area contributed by atoms with Gasteiger partial charge in [-0.05, 0) is 36.8 Å². The van der Waals surface area contributed by atoms with Gasteiger partial charge in [-0.25, -0.2) is 0 Å². The standard InChI is InChI=1S/C15H19F3O2/c1-14(2)8-7-11(19)13(9-14)20-12-6-4-3-5-10(12)15(16,17)18/h3-6,11,13,19H,7-9H2,1-2H3. The maximum absolute atomic E-state index is 12.9. The molecule has 1 saturated carbocycles. The van der Waals surface area contributed by atoms with E-state index in [-0.39, 0.29) is 11.2 Å². The summed E-state index contributed by atoms with van der Waals surface area (Å²) in [6, 6.07) is 5.13. The van der Waals surface area contributed by atoms with Gasteiger partial charge in [0.05, 0.1) is 11.7 Å². The fourth-order valence-corrected chi connectivity index (χ4v) is 2.59. The predicted molar refractivity (Wildman–Crippen MR) is 69.5 cm³/mol. The lowest BCUT2D eigenvalue weighted by molar-refractivity contribution is -0.140. The van der Waals surface area contributed by atoms with E-state index in [1.54, 1.807) is 0 Å². The van der Waals surface area contributed by atoms with Crippen molar-refractivity contribution < 1.29 is 23.0 Å². The van der Waals surface area contributed by atoms with Crippen molar-refractivity contribution in [2.75, 3.05) is 0 Å². The van der Waals surface area contributed by atoms with Gasteiger partial charge in [0.25, 0.3) is 0 Å². The van der Waals surface area contributed by atoms with Crippen LogP contribution in [-0.2, 0) is 6.18 Å². The van der Waals surface area contributed by atoms with Crippen LogP contribution in [0.3, 0.4) is 0 Å². The molecule has 1 aliphatic rings. The van der Waals surface area contributed by atoms with Gasteiger partial charge in [-0.3, -0.25) is 0 Å². The zero-order chi connectivity index (χ0) is 15.0. The Morgan fingerprint density at radius 2 is 1.90 bits per heavy atom. The fraction of sp³-hybridized carbons (Fsp3) is 0.600. The molecule has 0 spiro atoms. The highest BCUT2D eigenvalue weighted by atomic mass is 19.4. The first-order valence-corrected chi connectivity index (χ1v) is 6.70. The minimum atomic E-state index is -4.45. The van der Waals surface area contributed by atoms with Crippen molar-refractivity contribution in [3.8, 4) is 5.75 Å². The number of para-hydroxylation sites is 1. The van der Waals surface area contributed by atoms with E-state index < -0.39 is 23.9 Å². The number of halogens is 3. The van der Waals surface area contributed by atoms with Crippen LogP contribution in [0.25, 0.3) is 0 Å². The van der Waals surface area contributed by atoms with Crippen LogP contribution in [0.2, 0.25) is 0 Å². The average molecular weight is 288 g/mol. The molecule has 1 aromatic rings. The smallest absolute Gasteiger partial charge is 0.419 e. The lowest BCUT2D eigenvalue weighted by Gasteiger charge is -2.38. The Labute approximate surface area is 116 Å². The van der Waals surface area contributed by atoms with E-state index in [1.807, 2.05) is 13.8 Å². The summed E-state index contributed by atoms with van der Waals surface area (Å²) in [7, 11) is 0. The molecule has 0 aromatic heterocycles. The molecule has 0 aliphatic heterocycles. The van der Waals surface area contributed by atoms with Gasteiger partial charge in [-0.2, -0.15) is 13.2 Å². The van der Waals surface area contributed by atoms with Crippen LogP contribution in [0.5, 0.6) is 5.75 Å². The second kappa shape index (κ2) is 5.28. The lowest BCUT2D eigenvalue weighted by Crippen LogP contribution is -2.41. The minimum Gasteiger partial charge on any atom is -0.487 e. The normalized spacial score (nSPS) is 26.3. The molecule has 5 heteroatoms. The van der Waals surface area contributed by atoms with E-state index in [2.05, 4.69) is 0 Å². The summed E-state index contributed by atoms with van der Waals surface area (Å²) in [5, 5.41) is 9.95. The third-order valence-corrected chi connectivity index (χ3v) is 3.77. The zero-order valence-corrected chi connectivity index (χ0v) is 11.6. The van der Waals surface area contributed by atoms with Crippen molar-refractivity contribution in [2.45, 2.75) is 51.5 Å². The Balaban J connectivity index is 2.21. The molecule has 1 aliphatic carbocycles. The van der Waals surface area contributed by atoms with Gasteiger partial charge in [0, 0.05) is 0 Å². The fourth-order valence-electron chi connectivity index (χ4n) is 2.59. The number of aliphatic hydroxyl groups excluding tert-OH is 1. The number of hydrogen-bond donors (Lipinski definition) is 1. The monoisotopic (exact) mass is 288 g/mol. The summed E-state index contributed by atoms with van der Waals surface area (Å²) in [4.78, 5) is 0. The summed E-state index contributed by atoms with van der Waals surface area (Å²) < 4.78 is 44.2. The summed E-state index contributed by atoms with van der Waals surface area (Å²) in [5.41, 5.74) is -0.826. The van der Waals surface area contributed by atoms with Crippen LogP contribution < -0.4 is 4.74 Å². The van der Waals surface area contributed by atoms with Crippen molar-refractivity contribution in [3.63, 3.8) is 0 Å². The molecule has 2 atom stereocenters. The van der Waals surface area contributed by atoms with Crippen molar-refractivity contribution >= 4 is 0 Å². The molecule has 112 valence electrons. The Morgan fingerprint density at radius 1 is 1.25 bits per heavy atom. The van der Waals surface area contributed by atoms with Crippen LogP contribution in [0, 0.1) is 5.41 Å².